The number of alkyl halides is 3. The van der Waals surface area contributed by atoms with Gasteiger partial charge in [0.1, 0.15) is 12.4 Å². The Balaban J connectivity index is 2.25. The highest BCUT2D eigenvalue weighted by Crippen LogP contribution is 2.33. The summed E-state index contributed by atoms with van der Waals surface area (Å²) < 4.78 is 37.9. The average molecular weight is 273 g/mol. The lowest BCUT2D eigenvalue weighted by atomic mass is 10.2. The number of pyridine rings is 1. The third kappa shape index (κ3) is 4.09. The number of halogens is 3. The Kier molecular flexibility index (Phi) is 3.99. The molecule has 1 aromatic heterocycles. The predicted molar refractivity (Wildman–Crippen MR) is 68.2 cm³/mol. The highest BCUT2D eigenvalue weighted by molar-refractivity contribution is 5.45. The Hall–Kier alpha value is -1.30. The smallest absolute Gasteiger partial charge is 0.345 e. The zero-order valence-electron chi connectivity index (χ0n) is 11.1. The monoisotopic (exact) mass is 273 g/mol. The number of aryl methyl sites for hydroxylation is 1. The molecule has 0 bridgehead atoms. The summed E-state index contributed by atoms with van der Waals surface area (Å²) in [6, 6.07) is 3.62. The molecule has 1 saturated carbocycles. The van der Waals surface area contributed by atoms with Crippen LogP contribution in [-0.2, 0) is 6.54 Å². The van der Waals surface area contributed by atoms with Crippen LogP contribution in [-0.4, -0.2) is 30.8 Å². The van der Waals surface area contributed by atoms with Crippen LogP contribution in [0.5, 0.6) is 0 Å². The summed E-state index contributed by atoms with van der Waals surface area (Å²) in [6.07, 6.45) is -2.57. The lowest BCUT2D eigenvalue weighted by Crippen LogP contribution is -2.36. The molecule has 19 heavy (non-hydrogen) atoms. The molecule has 2 rings (SSSR count). The normalized spacial score (nSPS) is 15.6. The molecule has 1 aliphatic rings. The van der Waals surface area contributed by atoms with Crippen LogP contribution in [0.15, 0.2) is 12.1 Å². The van der Waals surface area contributed by atoms with Crippen LogP contribution in [0.3, 0.4) is 0 Å². The standard InChI is InChI=1S/C13H18F3N3/c1-9-5-10(7-17-2)6-12(18-9)19(11-3-4-11)8-13(14,15)16/h5-6,11,17H,3-4,7-8H2,1-2H3. The first kappa shape index (κ1) is 14.1. The van der Waals surface area contributed by atoms with Crippen LogP contribution >= 0.6 is 0 Å². The Morgan fingerprint density at radius 3 is 2.58 bits per heavy atom. The molecule has 0 radical (unpaired) electrons. The van der Waals surface area contributed by atoms with Crippen LogP contribution in [0.25, 0.3) is 0 Å². The fraction of sp³-hybridized carbons (Fsp3) is 0.615. The van der Waals surface area contributed by atoms with E-state index in [-0.39, 0.29) is 6.04 Å². The van der Waals surface area contributed by atoms with Gasteiger partial charge >= 0.3 is 6.18 Å². The quantitative estimate of drug-likeness (QED) is 0.894. The summed E-state index contributed by atoms with van der Waals surface area (Å²) in [5.41, 5.74) is 1.70. The third-order valence-corrected chi connectivity index (χ3v) is 3.01. The first-order valence-corrected chi connectivity index (χ1v) is 6.34. The van der Waals surface area contributed by atoms with E-state index in [2.05, 4.69) is 10.3 Å². The second-order valence-corrected chi connectivity index (χ2v) is 4.98. The minimum absolute atomic E-state index is 0.0154. The highest BCUT2D eigenvalue weighted by Gasteiger charge is 2.38. The van der Waals surface area contributed by atoms with Crippen molar-refractivity contribution >= 4 is 5.82 Å². The molecule has 0 aromatic carbocycles. The predicted octanol–water partition coefficient (Wildman–Crippen LogP) is 2.64. The van der Waals surface area contributed by atoms with Gasteiger partial charge in [0.2, 0.25) is 0 Å². The minimum Gasteiger partial charge on any atom is -0.345 e. The zero-order chi connectivity index (χ0) is 14.0. The Labute approximate surface area is 110 Å². The van der Waals surface area contributed by atoms with Gasteiger partial charge in [-0.3, -0.25) is 0 Å². The molecule has 0 atom stereocenters. The molecular weight excluding hydrogens is 255 g/mol. The van der Waals surface area contributed by atoms with Crippen molar-refractivity contribution in [1.82, 2.24) is 10.3 Å². The minimum atomic E-state index is -4.20. The molecule has 1 heterocycles. The van der Waals surface area contributed by atoms with Crippen molar-refractivity contribution < 1.29 is 13.2 Å². The molecule has 0 spiro atoms. The number of rotatable bonds is 5. The van der Waals surface area contributed by atoms with Gasteiger partial charge in [0.25, 0.3) is 0 Å². The van der Waals surface area contributed by atoms with Gasteiger partial charge in [-0.1, -0.05) is 0 Å². The van der Waals surface area contributed by atoms with E-state index in [4.69, 9.17) is 0 Å². The van der Waals surface area contributed by atoms with Gasteiger partial charge in [0, 0.05) is 18.3 Å². The first-order chi connectivity index (χ1) is 8.89. The Bertz CT molecular complexity index is 441. The van der Waals surface area contributed by atoms with Crippen molar-refractivity contribution in [3.05, 3.63) is 23.4 Å². The van der Waals surface area contributed by atoms with Crippen LogP contribution in [0, 0.1) is 6.92 Å². The summed E-state index contributed by atoms with van der Waals surface area (Å²) in [5.74, 6) is 0.435. The highest BCUT2D eigenvalue weighted by atomic mass is 19.4. The fourth-order valence-corrected chi connectivity index (χ4v) is 2.15. The third-order valence-electron chi connectivity index (χ3n) is 3.01. The summed E-state index contributed by atoms with van der Waals surface area (Å²) in [5, 5.41) is 3.00. The lowest BCUT2D eigenvalue weighted by molar-refractivity contribution is -0.120. The van der Waals surface area contributed by atoms with Crippen LogP contribution < -0.4 is 10.2 Å². The van der Waals surface area contributed by atoms with E-state index < -0.39 is 12.7 Å². The summed E-state index contributed by atoms with van der Waals surface area (Å²) in [6.45, 7) is 1.51. The SMILES string of the molecule is CNCc1cc(C)nc(N(CC(F)(F)F)C2CC2)c1. The van der Waals surface area contributed by atoms with E-state index in [1.54, 1.807) is 13.0 Å². The van der Waals surface area contributed by atoms with E-state index >= 15 is 0 Å². The van der Waals surface area contributed by atoms with Gasteiger partial charge in [-0.25, -0.2) is 4.98 Å². The van der Waals surface area contributed by atoms with Gasteiger partial charge in [0.15, 0.2) is 0 Å². The molecular formula is C13H18F3N3. The van der Waals surface area contributed by atoms with Gasteiger partial charge in [0.05, 0.1) is 0 Å². The van der Waals surface area contributed by atoms with E-state index in [1.807, 2.05) is 13.1 Å². The summed E-state index contributed by atoms with van der Waals surface area (Å²) >= 11 is 0. The molecule has 106 valence electrons. The molecule has 0 saturated heterocycles. The maximum Gasteiger partial charge on any atom is 0.405 e. The fourth-order valence-electron chi connectivity index (χ4n) is 2.15. The van der Waals surface area contributed by atoms with Crippen molar-refractivity contribution in [1.29, 1.82) is 0 Å². The second-order valence-electron chi connectivity index (χ2n) is 4.98. The number of hydrogen-bond donors (Lipinski definition) is 1. The molecule has 1 N–H and O–H groups in total. The van der Waals surface area contributed by atoms with E-state index in [0.717, 1.165) is 24.1 Å². The van der Waals surface area contributed by atoms with Crippen molar-refractivity contribution in [2.45, 2.75) is 38.5 Å². The number of aromatic nitrogens is 1. The van der Waals surface area contributed by atoms with Crippen LogP contribution in [0.2, 0.25) is 0 Å². The topological polar surface area (TPSA) is 28.2 Å². The number of anilines is 1. The molecule has 1 fully saturated rings. The van der Waals surface area contributed by atoms with Crippen LogP contribution in [0.1, 0.15) is 24.1 Å². The molecule has 0 unspecified atom stereocenters. The molecule has 0 amide bonds. The molecule has 3 nitrogen and oxygen atoms in total. The van der Waals surface area contributed by atoms with Crippen molar-refractivity contribution in [2.24, 2.45) is 0 Å². The van der Waals surface area contributed by atoms with Crippen molar-refractivity contribution in [2.75, 3.05) is 18.5 Å². The van der Waals surface area contributed by atoms with Gasteiger partial charge in [-0.15, -0.1) is 0 Å². The Morgan fingerprint density at radius 1 is 1.37 bits per heavy atom. The van der Waals surface area contributed by atoms with Crippen LogP contribution in [0.4, 0.5) is 19.0 Å². The molecule has 0 aliphatic heterocycles. The summed E-state index contributed by atoms with van der Waals surface area (Å²) in [4.78, 5) is 5.64. The largest absolute Gasteiger partial charge is 0.405 e. The van der Waals surface area contributed by atoms with E-state index in [1.165, 1.54) is 4.90 Å². The average Bonchev–Trinajstić information content (AvgIpc) is 3.08. The Morgan fingerprint density at radius 2 is 2.05 bits per heavy atom. The van der Waals surface area contributed by atoms with Crippen molar-refractivity contribution in [3.8, 4) is 0 Å². The zero-order valence-corrected chi connectivity index (χ0v) is 11.1. The molecule has 1 aromatic rings. The molecule has 6 heteroatoms. The number of nitrogens with one attached hydrogen (secondary N) is 1. The van der Waals surface area contributed by atoms with Crippen molar-refractivity contribution in [3.63, 3.8) is 0 Å². The molecule has 1 aliphatic carbocycles. The lowest BCUT2D eigenvalue weighted by Gasteiger charge is -2.25. The van der Waals surface area contributed by atoms with E-state index in [0.29, 0.717) is 12.4 Å². The number of nitrogens with zero attached hydrogens (tertiary/aromatic N) is 2. The summed E-state index contributed by atoms with van der Waals surface area (Å²) in [7, 11) is 1.81. The maximum atomic E-state index is 12.6. The second kappa shape index (κ2) is 5.36. The van der Waals surface area contributed by atoms with Gasteiger partial charge < -0.3 is 10.2 Å². The maximum absolute atomic E-state index is 12.6. The van der Waals surface area contributed by atoms with Gasteiger partial charge in [-0.05, 0) is 44.5 Å². The van der Waals surface area contributed by atoms with Gasteiger partial charge in [-0.2, -0.15) is 13.2 Å². The first-order valence-electron chi connectivity index (χ1n) is 6.34. The van der Waals surface area contributed by atoms with E-state index in [9.17, 15) is 13.2 Å². The number of hydrogen-bond acceptors (Lipinski definition) is 3.